The number of ketones is 1. The summed E-state index contributed by atoms with van der Waals surface area (Å²) in [6.07, 6.45) is 7.08. The summed E-state index contributed by atoms with van der Waals surface area (Å²) in [7, 11) is 1.48. The van der Waals surface area contributed by atoms with Gasteiger partial charge >= 0.3 is 0 Å². The SMILES string of the molecule is COc1nc(N)ncc1-c1ccc(N)c(C(=O)Cc2cnccc2N2CCC[C@H](N)C2)n1. The lowest BCUT2D eigenvalue weighted by Crippen LogP contribution is -2.43. The third-order valence-corrected chi connectivity index (χ3v) is 5.46. The lowest BCUT2D eigenvalue weighted by molar-refractivity contribution is 0.0989. The number of nitrogen functional groups attached to an aromatic ring is 2. The van der Waals surface area contributed by atoms with Gasteiger partial charge in [-0.1, -0.05) is 0 Å². The van der Waals surface area contributed by atoms with Crippen LogP contribution in [-0.2, 0) is 6.42 Å². The molecular weight excluding hydrogens is 408 g/mol. The highest BCUT2D eigenvalue weighted by Crippen LogP contribution is 2.29. The van der Waals surface area contributed by atoms with E-state index in [1.165, 1.54) is 13.3 Å². The first-order valence-corrected chi connectivity index (χ1v) is 10.4. The summed E-state index contributed by atoms with van der Waals surface area (Å²) in [5.74, 6) is 0.137. The highest BCUT2D eigenvalue weighted by molar-refractivity contribution is 6.01. The van der Waals surface area contributed by atoms with Crippen LogP contribution in [-0.4, -0.2) is 52.0 Å². The number of hydrogen-bond acceptors (Lipinski definition) is 10. The molecule has 6 N–H and O–H groups in total. The van der Waals surface area contributed by atoms with Crippen LogP contribution >= 0.6 is 0 Å². The van der Waals surface area contributed by atoms with Crippen LogP contribution < -0.4 is 26.8 Å². The predicted octanol–water partition coefficient (Wildman–Crippen LogP) is 1.46. The molecule has 4 rings (SSSR count). The van der Waals surface area contributed by atoms with Crippen LogP contribution in [0, 0.1) is 0 Å². The zero-order chi connectivity index (χ0) is 22.7. The predicted molar refractivity (Wildman–Crippen MR) is 122 cm³/mol. The number of piperidine rings is 1. The van der Waals surface area contributed by atoms with Gasteiger partial charge in [0.1, 0.15) is 5.69 Å². The number of methoxy groups -OCH3 is 1. The maximum absolute atomic E-state index is 13.2. The summed E-state index contributed by atoms with van der Waals surface area (Å²) < 4.78 is 5.29. The Balaban J connectivity index is 1.64. The van der Waals surface area contributed by atoms with Gasteiger partial charge in [0.05, 0.1) is 24.1 Å². The van der Waals surface area contributed by atoms with Crippen molar-refractivity contribution in [2.45, 2.75) is 25.3 Å². The Morgan fingerprint density at radius 2 is 2.06 bits per heavy atom. The molecule has 10 heteroatoms. The second-order valence-corrected chi connectivity index (χ2v) is 7.74. The molecule has 1 saturated heterocycles. The maximum Gasteiger partial charge on any atom is 0.227 e. The molecule has 1 fully saturated rings. The van der Waals surface area contributed by atoms with Gasteiger partial charge in [0, 0.05) is 55.4 Å². The van der Waals surface area contributed by atoms with E-state index in [9.17, 15) is 4.79 Å². The first-order valence-electron chi connectivity index (χ1n) is 10.4. The molecule has 0 aliphatic carbocycles. The van der Waals surface area contributed by atoms with Gasteiger partial charge in [-0.25, -0.2) is 9.97 Å². The van der Waals surface area contributed by atoms with Crippen LogP contribution in [0.4, 0.5) is 17.3 Å². The lowest BCUT2D eigenvalue weighted by atomic mass is 10.0. The minimum atomic E-state index is -0.213. The number of hydrogen-bond donors (Lipinski definition) is 3. The lowest BCUT2D eigenvalue weighted by Gasteiger charge is -2.33. The molecule has 0 unspecified atom stereocenters. The standard InChI is InChI=1S/C22H26N8O2/c1-32-21-15(11-27-22(25)29-21)17-5-4-16(24)20(28-17)19(31)9-13-10-26-7-6-18(13)30-8-2-3-14(23)12-30/h4-7,10-11,14H,2-3,8-9,12,23-24H2,1H3,(H2,25,27,29)/t14-/m0/s1. The summed E-state index contributed by atoms with van der Waals surface area (Å²) in [6.45, 7) is 1.64. The normalized spacial score (nSPS) is 16.1. The van der Waals surface area contributed by atoms with Crippen molar-refractivity contribution < 1.29 is 9.53 Å². The molecule has 10 nitrogen and oxygen atoms in total. The van der Waals surface area contributed by atoms with Gasteiger partial charge in [-0.3, -0.25) is 9.78 Å². The number of rotatable bonds is 6. The summed E-state index contributed by atoms with van der Waals surface area (Å²) in [5.41, 5.74) is 21.1. The van der Waals surface area contributed by atoms with Crippen LogP contribution in [0.2, 0.25) is 0 Å². The van der Waals surface area contributed by atoms with Gasteiger partial charge in [-0.05, 0) is 31.0 Å². The van der Waals surface area contributed by atoms with Crippen molar-refractivity contribution in [2.75, 3.05) is 36.6 Å². The van der Waals surface area contributed by atoms with Crippen molar-refractivity contribution in [3.8, 4) is 17.1 Å². The van der Waals surface area contributed by atoms with E-state index >= 15 is 0 Å². The largest absolute Gasteiger partial charge is 0.480 e. The molecule has 1 aliphatic rings. The molecule has 0 aromatic carbocycles. The van der Waals surface area contributed by atoms with Crippen LogP contribution in [0.5, 0.6) is 5.88 Å². The number of nitrogens with two attached hydrogens (primary N) is 3. The Labute approximate surface area is 185 Å². The van der Waals surface area contributed by atoms with Gasteiger partial charge in [0.25, 0.3) is 0 Å². The number of Topliss-reactive ketones (excluding diaryl/α,β-unsaturated/α-hetero) is 1. The van der Waals surface area contributed by atoms with E-state index in [1.807, 2.05) is 6.07 Å². The Morgan fingerprint density at radius 1 is 1.22 bits per heavy atom. The van der Waals surface area contributed by atoms with Crippen LogP contribution in [0.1, 0.15) is 28.9 Å². The number of carbonyl (C=O) groups is 1. The zero-order valence-electron chi connectivity index (χ0n) is 17.9. The molecule has 0 bridgehead atoms. The van der Waals surface area contributed by atoms with Gasteiger partial charge in [0.15, 0.2) is 5.78 Å². The molecule has 0 spiro atoms. The third kappa shape index (κ3) is 4.45. The number of aromatic nitrogens is 4. The molecule has 1 atom stereocenters. The third-order valence-electron chi connectivity index (χ3n) is 5.46. The first-order chi connectivity index (χ1) is 15.5. The van der Waals surface area contributed by atoms with Crippen molar-refractivity contribution in [3.05, 3.63) is 48.0 Å². The molecular formula is C22H26N8O2. The minimum absolute atomic E-state index is 0.0823. The highest BCUT2D eigenvalue weighted by atomic mass is 16.5. The topological polar surface area (TPSA) is 159 Å². The van der Waals surface area contributed by atoms with Gasteiger partial charge in [0.2, 0.25) is 11.8 Å². The van der Waals surface area contributed by atoms with E-state index in [1.54, 1.807) is 24.5 Å². The van der Waals surface area contributed by atoms with Crippen molar-refractivity contribution in [3.63, 3.8) is 0 Å². The fourth-order valence-electron chi connectivity index (χ4n) is 3.90. The molecule has 32 heavy (non-hydrogen) atoms. The minimum Gasteiger partial charge on any atom is -0.480 e. The smallest absolute Gasteiger partial charge is 0.227 e. The summed E-state index contributed by atoms with van der Waals surface area (Å²) >= 11 is 0. The van der Waals surface area contributed by atoms with E-state index < -0.39 is 0 Å². The summed E-state index contributed by atoms with van der Waals surface area (Å²) in [6, 6.07) is 5.36. The van der Waals surface area contributed by atoms with E-state index in [0.29, 0.717) is 16.9 Å². The molecule has 0 amide bonds. The van der Waals surface area contributed by atoms with E-state index in [2.05, 4.69) is 24.8 Å². The highest BCUT2D eigenvalue weighted by Gasteiger charge is 2.22. The fraction of sp³-hybridized carbons (Fsp3) is 0.318. The zero-order valence-corrected chi connectivity index (χ0v) is 17.9. The molecule has 3 aromatic heterocycles. The average molecular weight is 435 g/mol. The quantitative estimate of drug-likeness (QED) is 0.485. The molecule has 0 radical (unpaired) electrons. The molecule has 4 heterocycles. The number of carbonyl (C=O) groups excluding carboxylic acids is 1. The summed E-state index contributed by atoms with van der Waals surface area (Å²) in [4.78, 5) is 32.2. The molecule has 3 aromatic rings. The number of anilines is 3. The molecule has 166 valence electrons. The number of ether oxygens (including phenoxy) is 1. The van der Waals surface area contributed by atoms with Crippen LogP contribution in [0.25, 0.3) is 11.3 Å². The van der Waals surface area contributed by atoms with Crippen LogP contribution in [0.3, 0.4) is 0 Å². The Morgan fingerprint density at radius 3 is 2.84 bits per heavy atom. The van der Waals surface area contributed by atoms with Gasteiger partial charge in [-0.15, -0.1) is 0 Å². The Hall–Kier alpha value is -3.79. The Bertz CT molecular complexity index is 1140. The second-order valence-electron chi connectivity index (χ2n) is 7.74. The average Bonchev–Trinajstić information content (AvgIpc) is 2.79. The van der Waals surface area contributed by atoms with E-state index in [4.69, 9.17) is 21.9 Å². The van der Waals surface area contributed by atoms with Gasteiger partial charge < -0.3 is 26.8 Å². The van der Waals surface area contributed by atoms with Crippen molar-refractivity contribution in [2.24, 2.45) is 5.73 Å². The Kier molecular flexibility index (Phi) is 6.13. The van der Waals surface area contributed by atoms with E-state index in [0.717, 1.165) is 37.2 Å². The monoisotopic (exact) mass is 434 g/mol. The van der Waals surface area contributed by atoms with E-state index in [-0.39, 0.29) is 35.8 Å². The molecule has 0 saturated carbocycles. The van der Waals surface area contributed by atoms with Crippen molar-refractivity contribution in [1.29, 1.82) is 0 Å². The first kappa shape index (κ1) is 21.4. The summed E-state index contributed by atoms with van der Waals surface area (Å²) in [5, 5.41) is 0. The number of pyridine rings is 2. The van der Waals surface area contributed by atoms with Crippen LogP contribution in [0.15, 0.2) is 36.8 Å². The maximum atomic E-state index is 13.2. The van der Waals surface area contributed by atoms with Crippen molar-refractivity contribution >= 4 is 23.1 Å². The van der Waals surface area contributed by atoms with Gasteiger partial charge in [-0.2, -0.15) is 4.98 Å². The van der Waals surface area contributed by atoms with Crippen molar-refractivity contribution in [1.82, 2.24) is 19.9 Å². The fourth-order valence-corrected chi connectivity index (χ4v) is 3.90. The second kappa shape index (κ2) is 9.15. The number of nitrogens with zero attached hydrogens (tertiary/aromatic N) is 5. The molecule has 1 aliphatic heterocycles.